The molecule has 5 unspecified atom stereocenters. The van der Waals surface area contributed by atoms with Gasteiger partial charge in [0, 0.05) is 23.2 Å². The zero-order chi connectivity index (χ0) is 27.8. The smallest absolute Gasteiger partial charge is 0.190 e. The lowest BCUT2D eigenvalue weighted by atomic mass is 9.44. The second-order valence-corrected chi connectivity index (χ2v) is 12.5. The van der Waals surface area contributed by atoms with Crippen LogP contribution in [0.5, 0.6) is 0 Å². The molecule has 0 aromatic heterocycles. The molecular formula is C27H39FO10. The Morgan fingerprint density at radius 1 is 1.08 bits per heavy atom. The van der Waals surface area contributed by atoms with Gasteiger partial charge < -0.3 is 40.1 Å². The Balaban J connectivity index is 1.36. The van der Waals surface area contributed by atoms with Crippen molar-refractivity contribution in [2.75, 3.05) is 13.2 Å². The summed E-state index contributed by atoms with van der Waals surface area (Å²) in [4.78, 5) is 25.5. The van der Waals surface area contributed by atoms with Crippen molar-refractivity contribution in [3.63, 3.8) is 0 Å². The van der Waals surface area contributed by atoms with E-state index in [1.807, 2.05) is 0 Å². The summed E-state index contributed by atoms with van der Waals surface area (Å²) < 4.78 is 27.9. The molecule has 1 saturated heterocycles. The van der Waals surface area contributed by atoms with Crippen LogP contribution in [0.25, 0.3) is 0 Å². The van der Waals surface area contributed by atoms with E-state index >= 15 is 4.39 Å². The molecule has 0 amide bonds. The summed E-state index contributed by atoms with van der Waals surface area (Å²) in [6.07, 6.45) is -5.92. The standard InChI is InChI=1S/C27H39FO10/c1-24-7-5-14(30)9-13(24)3-4-16-15-6-8-26(36,25(15,2)10-18(31)27(16,24)28)19(32)12-37-23-22(35)21(34)20(33)17(11-29)38-23/h9,15-18,20-23,29,31,33-36H,3-8,10-12H2,1-2H3/t15?,16?,17-,18?,20+,21-,22+,23-,24?,25?,26-,27-/m0/s1. The van der Waals surface area contributed by atoms with E-state index < -0.39 is 89.7 Å². The molecule has 5 rings (SSSR count). The Morgan fingerprint density at radius 2 is 1.79 bits per heavy atom. The first-order valence-corrected chi connectivity index (χ1v) is 13.5. The van der Waals surface area contributed by atoms with E-state index in [0.29, 0.717) is 25.7 Å². The topological polar surface area (TPSA) is 174 Å². The third kappa shape index (κ3) is 3.66. The van der Waals surface area contributed by atoms with Crippen LogP contribution in [-0.4, -0.2) is 103 Å². The molecule has 11 heteroatoms. The first-order chi connectivity index (χ1) is 17.7. The van der Waals surface area contributed by atoms with E-state index in [1.54, 1.807) is 13.8 Å². The fourth-order valence-electron chi connectivity index (χ4n) is 8.52. The van der Waals surface area contributed by atoms with Crippen LogP contribution in [-0.2, 0) is 19.1 Å². The van der Waals surface area contributed by atoms with Crippen LogP contribution >= 0.6 is 0 Å². The summed E-state index contributed by atoms with van der Waals surface area (Å²) in [7, 11) is 0. The van der Waals surface area contributed by atoms with Gasteiger partial charge in [-0.15, -0.1) is 0 Å². The van der Waals surface area contributed by atoms with Crippen LogP contribution in [0.2, 0.25) is 0 Å². The van der Waals surface area contributed by atoms with E-state index in [2.05, 4.69) is 0 Å². The molecular weight excluding hydrogens is 503 g/mol. The second kappa shape index (κ2) is 9.37. The quantitative estimate of drug-likeness (QED) is 0.271. The molecule has 0 aromatic rings. The molecule has 10 nitrogen and oxygen atoms in total. The average molecular weight is 543 g/mol. The van der Waals surface area contributed by atoms with Crippen molar-refractivity contribution in [2.24, 2.45) is 22.7 Å². The van der Waals surface area contributed by atoms with Crippen molar-refractivity contribution in [3.8, 4) is 0 Å². The molecule has 3 saturated carbocycles. The lowest BCUT2D eigenvalue weighted by Gasteiger charge is -2.63. The second-order valence-electron chi connectivity index (χ2n) is 12.5. The summed E-state index contributed by atoms with van der Waals surface area (Å²) in [5.41, 5.74) is -5.35. The van der Waals surface area contributed by atoms with Gasteiger partial charge in [0.1, 0.15) is 42.3 Å². The zero-order valence-corrected chi connectivity index (χ0v) is 21.8. The lowest BCUT2D eigenvalue weighted by Crippen LogP contribution is -2.69. The number of halogens is 1. The van der Waals surface area contributed by atoms with Gasteiger partial charge in [-0.3, -0.25) is 9.59 Å². The van der Waals surface area contributed by atoms with Crippen LogP contribution in [0.15, 0.2) is 11.6 Å². The number of aliphatic hydroxyl groups excluding tert-OH is 5. The molecule has 0 bridgehead atoms. The molecule has 5 aliphatic rings. The Morgan fingerprint density at radius 3 is 2.47 bits per heavy atom. The van der Waals surface area contributed by atoms with Gasteiger partial charge in [-0.05, 0) is 50.5 Å². The largest absolute Gasteiger partial charge is 0.394 e. The Bertz CT molecular complexity index is 1020. The minimum atomic E-state index is -2.00. The van der Waals surface area contributed by atoms with Gasteiger partial charge in [0.25, 0.3) is 0 Å². The van der Waals surface area contributed by atoms with Crippen LogP contribution in [0.4, 0.5) is 4.39 Å². The van der Waals surface area contributed by atoms with E-state index in [0.717, 1.165) is 5.57 Å². The minimum absolute atomic E-state index is 0.0325. The number of aliphatic hydroxyl groups is 6. The number of ether oxygens (including phenoxy) is 2. The summed E-state index contributed by atoms with van der Waals surface area (Å²) in [6.45, 7) is 2.13. The van der Waals surface area contributed by atoms with Gasteiger partial charge >= 0.3 is 0 Å². The highest BCUT2D eigenvalue weighted by Gasteiger charge is 2.74. The number of hydrogen-bond donors (Lipinski definition) is 6. The summed E-state index contributed by atoms with van der Waals surface area (Å²) >= 11 is 0. The molecule has 6 N–H and O–H groups in total. The molecule has 38 heavy (non-hydrogen) atoms. The van der Waals surface area contributed by atoms with Crippen molar-refractivity contribution < 1.29 is 54.1 Å². The molecule has 0 aromatic carbocycles. The van der Waals surface area contributed by atoms with E-state index in [-0.39, 0.29) is 25.0 Å². The number of alkyl halides is 1. The predicted octanol–water partition coefficient (Wildman–Crippen LogP) is -0.302. The van der Waals surface area contributed by atoms with Gasteiger partial charge in [-0.25, -0.2) is 4.39 Å². The van der Waals surface area contributed by atoms with E-state index in [1.165, 1.54) is 6.08 Å². The maximum atomic E-state index is 17.2. The third-order valence-corrected chi connectivity index (χ3v) is 10.9. The van der Waals surface area contributed by atoms with Crippen LogP contribution in [0.1, 0.15) is 58.8 Å². The number of rotatable bonds is 5. The van der Waals surface area contributed by atoms with Gasteiger partial charge in [0.05, 0.1) is 12.7 Å². The highest BCUT2D eigenvalue weighted by Crippen LogP contribution is 2.70. The average Bonchev–Trinajstić information content (AvgIpc) is 3.14. The fourth-order valence-corrected chi connectivity index (χ4v) is 8.52. The van der Waals surface area contributed by atoms with Gasteiger partial charge in [-0.1, -0.05) is 19.4 Å². The normalized spacial score (nSPS) is 52.6. The SMILES string of the molecule is CC12CCC(=O)C=C1CCC1C3CC[C@](O)(C(=O)CO[C@H]4O[C@@H](CO)[C@@H](O)[C@H](O)[C@H]4O)C3(C)CC(O)[C@@]12F. The summed E-state index contributed by atoms with van der Waals surface area (Å²) in [5, 5.41) is 62.6. The van der Waals surface area contributed by atoms with Crippen molar-refractivity contribution in [1.82, 2.24) is 0 Å². The molecule has 214 valence electrons. The van der Waals surface area contributed by atoms with Crippen molar-refractivity contribution >= 4 is 11.6 Å². The molecule has 0 radical (unpaired) electrons. The Hall–Kier alpha value is -1.31. The number of carbonyl (C=O) groups excluding carboxylic acids is 2. The summed E-state index contributed by atoms with van der Waals surface area (Å²) in [5.74, 6) is -1.76. The highest BCUT2D eigenvalue weighted by molar-refractivity contribution is 5.92. The molecule has 0 spiro atoms. The fraction of sp³-hybridized carbons (Fsp3) is 0.852. The number of carbonyl (C=O) groups is 2. The number of Topliss-reactive ketones (excluding diaryl/α,β-unsaturated/α-hetero) is 1. The highest BCUT2D eigenvalue weighted by atomic mass is 19.1. The van der Waals surface area contributed by atoms with Crippen molar-refractivity contribution in [1.29, 1.82) is 0 Å². The minimum Gasteiger partial charge on any atom is -0.394 e. The first kappa shape index (κ1) is 28.2. The number of ketones is 2. The number of hydrogen-bond acceptors (Lipinski definition) is 10. The monoisotopic (exact) mass is 542 g/mol. The number of allylic oxidation sites excluding steroid dienone is 1. The zero-order valence-electron chi connectivity index (χ0n) is 21.8. The van der Waals surface area contributed by atoms with Gasteiger partial charge in [-0.2, -0.15) is 0 Å². The van der Waals surface area contributed by atoms with Gasteiger partial charge in [0.2, 0.25) is 0 Å². The third-order valence-electron chi connectivity index (χ3n) is 10.9. The van der Waals surface area contributed by atoms with Crippen LogP contribution < -0.4 is 0 Å². The maximum absolute atomic E-state index is 17.2. The Labute approximate surface area is 220 Å². The predicted molar refractivity (Wildman–Crippen MR) is 128 cm³/mol. The molecule has 4 fully saturated rings. The Kier molecular flexibility index (Phi) is 6.96. The molecule has 12 atom stereocenters. The first-order valence-electron chi connectivity index (χ1n) is 13.5. The van der Waals surface area contributed by atoms with Crippen LogP contribution in [0, 0.1) is 22.7 Å². The molecule has 4 aliphatic carbocycles. The van der Waals surface area contributed by atoms with E-state index in [9.17, 15) is 40.2 Å². The van der Waals surface area contributed by atoms with Gasteiger partial charge in [0.15, 0.2) is 17.9 Å². The summed E-state index contributed by atoms with van der Waals surface area (Å²) in [6, 6.07) is 0. The maximum Gasteiger partial charge on any atom is 0.190 e. The molecule has 1 aliphatic heterocycles. The van der Waals surface area contributed by atoms with Crippen LogP contribution in [0.3, 0.4) is 0 Å². The van der Waals surface area contributed by atoms with Crippen molar-refractivity contribution in [3.05, 3.63) is 11.6 Å². The van der Waals surface area contributed by atoms with Crippen molar-refractivity contribution in [2.45, 2.75) is 107 Å². The van der Waals surface area contributed by atoms with E-state index in [4.69, 9.17) is 9.47 Å². The lowest BCUT2D eigenvalue weighted by molar-refractivity contribution is -0.300. The number of fused-ring (bicyclic) bond motifs is 5. The molecule has 1 heterocycles.